The molecule has 0 spiro atoms. The minimum absolute atomic E-state index is 0.0190. The van der Waals surface area contributed by atoms with Crippen molar-refractivity contribution in [3.8, 4) is 5.75 Å². The van der Waals surface area contributed by atoms with E-state index in [0.29, 0.717) is 6.54 Å². The minimum atomic E-state index is -3.66. The van der Waals surface area contributed by atoms with Crippen LogP contribution in [0.1, 0.15) is 45.9 Å². The third kappa shape index (κ3) is 5.75. The van der Waals surface area contributed by atoms with Crippen LogP contribution in [0.3, 0.4) is 0 Å². The molecule has 1 aromatic carbocycles. The zero-order valence-corrected chi connectivity index (χ0v) is 20.9. The summed E-state index contributed by atoms with van der Waals surface area (Å²) in [5.41, 5.74) is 0.337. The second-order valence-electron chi connectivity index (χ2n) is 9.06. The largest absolute Gasteiger partial charge is 0.487 e. The molecule has 1 atom stereocenters. The van der Waals surface area contributed by atoms with Gasteiger partial charge in [0.15, 0.2) is 8.32 Å². The first-order chi connectivity index (χ1) is 14.8. The van der Waals surface area contributed by atoms with E-state index in [-0.39, 0.29) is 24.0 Å². The number of aromatic nitrogens is 2. The molecule has 9 heteroatoms. The zero-order chi connectivity index (χ0) is 24.2. The van der Waals surface area contributed by atoms with Crippen molar-refractivity contribution in [3.05, 3.63) is 47.8 Å². The number of rotatable bonds is 10. The predicted octanol–water partition coefficient (Wildman–Crippen LogP) is 5.53. The van der Waals surface area contributed by atoms with Gasteiger partial charge >= 0.3 is 11.9 Å². The number of nitrogens with zero attached hydrogens (tertiary/aromatic N) is 2. The van der Waals surface area contributed by atoms with Crippen LogP contribution in [0.4, 0.5) is 8.78 Å². The number of carbonyl (C=O) groups excluding carboxylic acids is 1. The Bertz CT molecular complexity index is 909. The normalized spacial score (nSPS) is 13.7. The van der Waals surface area contributed by atoms with Gasteiger partial charge in [0, 0.05) is 12.7 Å². The van der Waals surface area contributed by atoms with Crippen LogP contribution in [-0.4, -0.2) is 36.8 Å². The van der Waals surface area contributed by atoms with Gasteiger partial charge in [-0.2, -0.15) is 13.9 Å². The van der Waals surface area contributed by atoms with Crippen LogP contribution in [0.5, 0.6) is 5.75 Å². The summed E-state index contributed by atoms with van der Waals surface area (Å²) >= 11 is 0. The Morgan fingerprint density at radius 1 is 1.16 bits per heavy atom. The molecule has 2 rings (SSSR count). The first-order valence-electron chi connectivity index (χ1n) is 10.8. The molecule has 0 saturated carbocycles. The molecule has 32 heavy (non-hydrogen) atoms. The molecule has 0 aliphatic carbocycles. The number of esters is 1. The number of aryl methyl sites for hydroxylation is 1. The Balaban J connectivity index is 2.41. The van der Waals surface area contributed by atoms with E-state index in [1.807, 2.05) is 40.8 Å². The van der Waals surface area contributed by atoms with Crippen LogP contribution >= 0.6 is 0 Å². The predicted molar refractivity (Wildman–Crippen MR) is 121 cm³/mol. The highest BCUT2D eigenvalue weighted by Gasteiger charge is 2.54. The van der Waals surface area contributed by atoms with E-state index in [4.69, 9.17) is 13.9 Å². The van der Waals surface area contributed by atoms with E-state index >= 15 is 8.78 Å². The fourth-order valence-corrected chi connectivity index (χ4v) is 4.07. The molecule has 0 radical (unpaired) electrons. The highest BCUT2D eigenvalue weighted by Crippen LogP contribution is 2.44. The maximum atomic E-state index is 15.9. The van der Waals surface area contributed by atoms with Gasteiger partial charge in [0.2, 0.25) is 6.10 Å². The van der Waals surface area contributed by atoms with Crippen molar-refractivity contribution in [2.45, 2.75) is 77.9 Å². The molecule has 0 bridgehead atoms. The number of alkyl halides is 2. The van der Waals surface area contributed by atoms with Gasteiger partial charge in [0.25, 0.3) is 0 Å². The van der Waals surface area contributed by atoms with E-state index in [9.17, 15) is 4.79 Å². The van der Waals surface area contributed by atoms with Crippen LogP contribution < -0.4 is 4.74 Å². The number of benzene rings is 1. The lowest BCUT2D eigenvalue weighted by molar-refractivity contribution is -0.176. The lowest BCUT2D eigenvalue weighted by Crippen LogP contribution is -2.52. The Labute approximate surface area is 190 Å². The monoisotopic (exact) mass is 468 g/mol. The summed E-state index contributed by atoms with van der Waals surface area (Å²) in [7, 11) is -2.73. The van der Waals surface area contributed by atoms with Gasteiger partial charge in [-0.1, -0.05) is 32.9 Å². The second kappa shape index (κ2) is 10.1. The summed E-state index contributed by atoms with van der Waals surface area (Å²) in [4.78, 5) is 12.6. The molecule has 0 amide bonds. The highest BCUT2D eigenvalue weighted by molar-refractivity contribution is 6.74. The molecular formula is C23H34F2N2O4Si. The van der Waals surface area contributed by atoms with E-state index < -0.39 is 31.9 Å². The van der Waals surface area contributed by atoms with Crippen LogP contribution in [0.2, 0.25) is 18.1 Å². The average Bonchev–Trinajstić information content (AvgIpc) is 3.17. The van der Waals surface area contributed by atoms with Gasteiger partial charge < -0.3 is 13.9 Å². The summed E-state index contributed by atoms with van der Waals surface area (Å²) in [5.74, 6) is -4.76. The zero-order valence-electron chi connectivity index (χ0n) is 19.9. The van der Waals surface area contributed by atoms with Crippen LogP contribution in [0, 0.1) is 0 Å². The van der Waals surface area contributed by atoms with E-state index in [2.05, 4.69) is 5.10 Å². The van der Waals surface area contributed by atoms with Crippen molar-refractivity contribution in [1.29, 1.82) is 0 Å². The SMILES string of the molecule is CCOC(=O)C(O[Si](C)(C)C(C)(C)C)C(F)(F)c1ccccc1OCc1ccnn1CC. The van der Waals surface area contributed by atoms with Gasteiger partial charge in [-0.05, 0) is 50.2 Å². The van der Waals surface area contributed by atoms with Crippen LogP contribution in [0.25, 0.3) is 0 Å². The number of hydrogen-bond donors (Lipinski definition) is 0. The molecule has 0 aliphatic heterocycles. The molecule has 6 nitrogen and oxygen atoms in total. The van der Waals surface area contributed by atoms with Crippen molar-refractivity contribution in [1.82, 2.24) is 9.78 Å². The smallest absolute Gasteiger partial charge is 0.340 e. The van der Waals surface area contributed by atoms with E-state index in [1.54, 1.807) is 29.9 Å². The molecule has 0 saturated heterocycles. The number of para-hydroxylation sites is 1. The molecule has 0 N–H and O–H groups in total. The van der Waals surface area contributed by atoms with Crippen LogP contribution in [0.15, 0.2) is 36.5 Å². The van der Waals surface area contributed by atoms with Gasteiger partial charge in [0.1, 0.15) is 12.4 Å². The Morgan fingerprint density at radius 3 is 2.41 bits per heavy atom. The van der Waals surface area contributed by atoms with Crippen molar-refractivity contribution < 1.29 is 27.5 Å². The van der Waals surface area contributed by atoms with Gasteiger partial charge in [-0.15, -0.1) is 0 Å². The van der Waals surface area contributed by atoms with Crippen molar-refractivity contribution >= 4 is 14.3 Å². The van der Waals surface area contributed by atoms with Crippen LogP contribution in [-0.2, 0) is 33.0 Å². The molecular weight excluding hydrogens is 434 g/mol. The molecule has 1 heterocycles. The Morgan fingerprint density at radius 2 is 1.81 bits per heavy atom. The van der Waals surface area contributed by atoms with Crippen molar-refractivity contribution in [2.24, 2.45) is 0 Å². The summed E-state index contributed by atoms with van der Waals surface area (Å²) in [6.07, 6.45) is -0.443. The number of halogens is 2. The maximum absolute atomic E-state index is 15.9. The number of hydrogen-bond acceptors (Lipinski definition) is 5. The third-order valence-electron chi connectivity index (χ3n) is 5.77. The lowest BCUT2D eigenvalue weighted by Gasteiger charge is -2.40. The lowest BCUT2D eigenvalue weighted by atomic mass is 10.0. The first kappa shape index (κ1) is 26.0. The van der Waals surface area contributed by atoms with Gasteiger partial charge in [-0.25, -0.2) is 4.79 Å². The summed E-state index contributed by atoms with van der Waals surface area (Å²) in [5, 5.41) is 3.79. The fourth-order valence-electron chi connectivity index (χ4n) is 2.89. The second-order valence-corrected chi connectivity index (χ2v) is 13.8. The third-order valence-corrected chi connectivity index (χ3v) is 10.2. The van der Waals surface area contributed by atoms with Gasteiger partial charge in [0.05, 0.1) is 17.9 Å². The van der Waals surface area contributed by atoms with Crippen molar-refractivity contribution in [3.63, 3.8) is 0 Å². The quantitative estimate of drug-likeness (QED) is 0.339. The van der Waals surface area contributed by atoms with E-state index in [1.165, 1.54) is 18.2 Å². The average molecular weight is 469 g/mol. The number of carbonyl (C=O) groups is 1. The molecule has 1 aromatic heterocycles. The molecule has 1 unspecified atom stereocenters. The Kier molecular flexibility index (Phi) is 8.22. The molecule has 2 aromatic rings. The Hall–Kier alpha value is -2.26. The standard InChI is InChI=1S/C23H34F2N2O4Si/c1-8-27-17(14-15-26-27)16-30-19-13-11-10-12-18(19)23(24,25)20(21(28)29-9-2)31-32(6,7)22(3,4)5/h10-15,20H,8-9,16H2,1-7H3. The molecule has 178 valence electrons. The van der Waals surface area contributed by atoms with Crippen molar-refractivity contribution in [2.75, 3.05) is 6.61 Å². The van der Waals surface area contributed by atoms with Gasteiger partial charge in [-0.3, -0.25) is 4.68 Å². The maximum Gasteiger partial charge on any atom is 0.340 e. The summed E-state index contributed by atoms with van der Waals surface area (Å²) < 4.78 is 50.2. The number of ether oxygens (including phenoxy) is 2. The highest BCUT2D eigenvalue weighted by atomic mass is 28.4. The topological polar surface area (TPSA) is 62.6 Å². The summed E-state index contributed by atoms with van der Waals surface area (Å²) in [6.45, 7) is 13.6. The first-order valence-corrected chi connectivity index (χ1v) is 13.7. The fraction of sp³-hybridized carbons (Fsp3) is 0.565. The van der Waals surface area contributed by atoms with E-state index in [0.717, 1.165) is 5.69 Å². The minimum Gasteiger partial charge on any atom is -0.487 e. The molecule has 0 fully saturated rings. The summed E-state index contributed by atoms with van der Waals surface area (Å²) in [6, 6.07) is 7.59. The molecule has 0 aliphatic rings.